The first-order valence-corrected chi connectivity index (χ1v) is 6.05. The standard InChI is InChI=1S/C12H12BrCl/c13-11-3-1-2-9(7-11)6-10-4-5-12(14)8-10/h1-3,7-8,12H,4-6H2. The summed E-state index contributed by atoms with van der Waals surface area (Å²) in [4.78, 5) is 0. The van der Waals surface area contributed by atoms with Gasteiger partial charge in [-0.3, -0.25) is 0 Å². The minimum absolute atomic E-state index is 0.261. The topological polar surface area (TPSA) is 0 Å². The van der Waals surface area contributed by atoms with Crippen LogP contribution in [0.2, 0.25) is 0 Å². The minimum atomic E-state index is 0.261. The first-order chi connectivity index (χ1) is 6.74. The van der Waals surface area contributed by atoms with Crippen molar-refractivity contribution in [3.63, 3.8) is 0 Å². The van der Waals surface area contributed by atoms with Crippen molar-refractivity contribution in [1.82, 2.24) is 0 Å². The van der Waals surface area contributed by atoms with Gasteiger partial charge in [-0.25, -0.2) is 0 Å². The minimum Gasteiger partial charge on any atom is -0.118 e. The van der Waals surface area contributed by atoms with Crippen molar-refractivity contribution in [2.24, 2.45) is 0 Å². The second kappa shape index (κ2) is 4.50. The summed E-state index contributed by atoms with van der Waals surface area (Å²) in [7, 11) is 0. The third-order valence-corrected chi connectivity index (χ3v) is 3.32. The maximum atomic E-state index is 6.02. The van der Waals surface area contributed by atoms with Crippen molar-refractivity contribution >= 4 is 27.5 Å². The first-order valence-electron chi connectivity index (χ1n) is 4.82. The molecule has 0 heterocycles. The number of alkyl halides is 1. The molecule has 1 aliphatic carbocycles. The van der Waals surface area contributed by atoms with Gasteiger partial charge in [0.1, 0.15) is 0 Å². The number of hydrogen-bond donors (Lipinski definition) is 0. The molecule has 1 aliphatic rings. The van der Waals surface area contributed by atoms with Crippen LogP contribution in [0.4, 0.5) is 0 Å². The lowest BCUT2D eigenvalue weighted by molar-refractivity contribution is 0.892. The van der Waals surface area contributed by atoms with E-state index in [9.17, 15) is 0 Å². The van der Waals surface area contributed by atoms with Crippen molar-refractivity contribution in [3.8, 4) is 0 Å². The van der Waals surface area contributed by atoms with E-state index < -0.39 is 0 Å². The van der Waals surface area contributed by atoms with Crippen molar-refractivity contribution in [2.45, 2.75) is 24.6 Å². The molecule has 74 valence electrons. The maximum Gasteiger partial charge on any atom is 0.0521 e. The van der Waals surface area contributed by atoms with E-state index in [1.165, 1.54) is 11.1 Å². The lowest BCUT2D eigenvalue weighted by atomic mass is 10.1. The van der Waals surface area contributed by atoms with E-state index in [4.69, 9.17) is 11.6 Å². The quantitative estimate of drug-likeness (QED) is 0.555. The van der Waals surface area contributed by atoms with E-state index in [1.54, 1.807) is 0 Å². The van der Waals surface area contributed by atoms with Gasteiger partial charge in [-0.15, -0.1) is 11.6 Å². The van der Waals surface area contributed by atoms with Crippen LogP contribution in [0.5, 0.6) is 0 Å². The van der Waals surface area contributed by atoms with Crippen molar-refractivity contribution < 1.29 is 0 Å². The van der Waals surface area contributed by atoms with Crippen molar-refractivity contribution in [3.05, 3.63) is 46.0 Å². The molecule has 1 aromatic carbocycles. The van der Waals surface area contributed by atoms with Crippen LogP contribution in [-0.2, 0) is 6.42 Å². The van der Waals surface area contributed by atoms with Gasteiger partial charge in [0.2, 0.25) is 0 Å². The second-order valence-corrected chi connectivity index (χ2v) is 5.16. The Bertz CT molecular complexity index is 357. The average molecular weight is 272 g/mol. The fourth-order valence-corrected chi connectivity index (χ4v) is 2.54. The molecule has 0 aliphatic heterocycles. The molecule has 2 heteroatoms. The number of halogens is 2. The van der Waals surface area contributed by atoms with E-state index in [-0.39, 0.29) is 5.38 Å². The van der Waals surface area contributed by atoms with Gasteiger partial charge in [0.15, 0.2) is 0 Å². The molecule has 0 aromatic heterocycles. The molecule has 1 atom stereocenters. The van der Waals surface area contributed by atoms with Gasteiger partial charge in [0.25, 0.3) is 0 Å². The van der Waals surface area contributed by atoms with Crippen LogP contribution in [0.1, 0.15) is 18.4 Å². The Morgan fingerprint density at radius 2 is 2.29 bits per heavy atom. The molecule has 0 fully saturated rings. The van der Waals surface area contributed by atoms with E-state index >= 15 is 0 Å². The Balaban J connectivity index is 2.08. The molecular formula is C12H12BrCl. The van der Waals surface area contributed by atoms with Crippen molar-refractivity contribution in [1.29, 1.82) is 0 Å². The molecule has 2 rings (SSSR count). The summed E-state index contributed by atoms with van der Waals surface area (Å²) in [6.07, 6.45) is 5.50. The Kier molecular flexibility index (Phi) is 3.30. The fourth-order valence-electron chi connectivity index (χ4n) is 1.80. The van der Waals surface area contributed by atoms with Crippen LogP contribution in [0.25, 0.3) is 0 Å². The highest BCUT2D eigenvalue weighted by molar-refractivity contribution is 9.10. The summed E-state index contributed by atoms with van der Waals surface area (Å²) in [5.74, 6) is 0. The number of hydrogen-bond acceptors (Lipinski definition) is 0. The second-order valence-electron chi connectivity index (χ2n) is 3.69. The Morgan fingerprint density at radius 1 is 1.43 bits per heavy atom. The lowest BCUT2D eigenvalue weighted by Crippen LogP contribution is -1.87. The third kappa shape index (κ3) is 2.61. The predicted molar refractivity (Wildman–Crippen MR) is 64.8 cm³/mol. The number of rotatable bonds is 2. The highest BCUT2D eigenvalue weighted by atomic mass is 79.9. The summed E-state index contributed by atoms with van der Waals surface area (Å²) >= 11 is 9.50. The summed E-state index contributed by atoms with van der Waals surface area (Å²) in [6, 6.07) is 8.46. The zero-order valence-corrected chi connectivity index (χ0v) is 10.2. The molecule has 1 aromatic rings. The molecule has 0 bridgehead atoms. The smallest absolute Gasteiger partial charge is 0.0521 e. The van der Waals surface area contributed by atoms with Crippen LogP contribution < -0.4 is 0 Å². The van der Waals surface area contributed by atoms with Gasteiger partial charge >= 0.3 is 0 Å². The molecule has 0 saturated heterocycles. The monoisotopic (exact) mass is 270 g/mol. The van der Waals surface area contributed by atoms with Crippen molar-refractivity contribution in [2.75, 3.05) is 0 Å². The van der Waals surface area contributed by atoms with Crippen LogP contribution in [-0.4, -0.2) is 5.38 Å². The fraction of sp³-hybridized carbons (Fsp3) is 0.333. The van der Waals surface area contributed by atoms with Gasteiger partial charge < -0.3 is 0 Å². The average Bonchev–Trinajstić information content (AvgIpc) is 2.51. The number of benzene rings is 1. The third-order valence-electron chi connectivity index (χ3n) is 2.48. The highest BCUT2D eigenvalue weighted by Crippen LogP contribution is 2.26. The molecule has 0 radical (unpaired) electrons. The van der Waals surface area contributed by atoms with E-state index in [0.717, 1.165) is 23.7 Å². The summed E-state index contributed by atoms with van der Waals surface area (Å²) in [5, 5.41) is 0.261. The first kappa shape index (κ1) is 10.3. The van der Waals surface area contributed by atoms with Gasteiger partial charge in [-0.1, -0.05) is 39.7 Å². The Morgan fingerprint density at radius 3 is 2.93 bits per heavy atom. The summed E-state index contributed by atoms with van der Waals surface area (Å²) in [6.45, 7) is 0. The van der Waals surface area contributed by atoms with Gasteiger partial charge in [0.05, 0.1) is 5.38 Å². The molecule has 14 heavy (non-hydrogen) atoms. The summed E-state index contributed by atoms with van der Waals surface area (Å²) < 4.78 is 1.15. The zero-order chi connectivity index (χ0) is 9.97. The lowest BCUT2D eigenvalue weighted by Gasteiger charge is -2.02. The molecule has 0 spiro atoms. The van der Waals surface area contributed by atoms with Gasteiger partial charge in [0, 0.05) is 4.47 Å². The summed E-state index contributed by atoms with van der Waals surface area (Å²) in [5.41, 5.74) is 2.83. The van der Waals surface area contributed by atoms with E-state index in [1.807, 2.05) is 0 Å². The Hall–Kier alpha value is -0.270. The zero-order valence-electron chi connectivity index (χ0n) is 7.84. The van der Waals surface area contributed by atoms with E-state index in [0.29, 0.717) is 0 Å². The van der Waals surface area contributed by atoms with Crippen LogP contribution in [0.3, 0.4) is 0 Å². The normalized spacial score (nSPS) is 21.0. The van der Waals surface area contributed by atoms with Gasteiger partial charge in [-0.05, 0) is 37.0 Å². The van der Waals surface area contributed by atoms with Crippen LogP contribution >= 0.6 is 27.5 Å². The highest BCUT2D eigenvalue weighted by Gasteiger charge is 2.12. The predicted octanol–water partition coefficient (Wildman–Crippen LogP) is 4.32. The molecule has 1 unspecified atom stereocenters. The van der Waals surface area contributed by atoms with Crippen LogP contribution in [0.15, 0.2) is 40.4 Å². The molecule has 0 nitrogen and oxygen atoms in total. The molecule has 0 N–H and O–H groups in total. The van der Waals surface area contributed by atoms with Gasteiger partial charge in [-0.2, -0.15) is 0 Å². The molecule has 0 amide bonds. The Labute approximate surface area is 98.1 Å². The van der Waals surface area contributed by atoms with E-state index in [2.05, 4.69) is 46.3 Å². The SMILES string of the molecule is ClC1C=C(Cc2cccc(Br)c2)CC1. The van der Waals surface area contributed by atoms with Crippen LogP contribution in [0, 0.1) is 0 Å². The largest absolute Gasteiger partial charge is 0.118 e. The number of allylic oxidation sites excluding steroid dienone is 2. The molecular weight excluding hydrogens is 259 g/mol. The molecule has 0 saturated carbocycles. The maximum absolute atomic E-state index is 6.02.